The summed E-state index contributed by atoms with van der Waals surface area (Å²) in [6.07, 6.45) is -2.84. The van der Waals surface area contributed by atoms with Crippen molar-refractivity contribution in [3.8, 4) is 5.75 Å². The summed E-state index contributed by atoms with van der Waals surface area (Å²) in [6, 6.07) is 10.7. The SMILES string of the molecule is CC(C)CN1C(=O)c2ccccc2C(C(=O)Nc2cccc(OC(F)(F)F)c2)C1C(C=N)C=N. The van der Waals surface area contributed by atoms with E-state index >= 15 is 0 Å². The molecule has 2 amide bonds. The van der Waals surface area contributed by atoms with Gasteiger partial charge in [-0.1, -0.05) is 38.1 Å². The average molecular weight is 474 g/mol. The highest BCUT2D eigenvalue weighted by atomic mass is 19.4. The number of halogens is 3. The van der Waals surface area contributed by atoms with Gasteiger partial charge in [0.15, 0.2) is 0 Å². The number of ether oxygens (including phenoxy) is 1. The third kappa shape index (κ3) is 5.44. The Kier molecular flexibility index (Phi) is 7.38. The summed E-state index contributed by atoms with van der Waals surface area (Å²) in [4.78, 5) is 28.4. The largest absolute Gasteiger partial charge is 0.573 e. The van der Waals surface area contributed by atoms with Crippen LogP contribution in [0.2, 0.25) is 0 Å². The molecule has 10 heteroatoms. The Morgan fingerprint density at radius 3 is 2.44 bits per heavy atom. The molecule has 3 N–H and O–H groups in total. The van der Waals surface area contributed by atoms with Crippen molar-refractivity contribution in [3.05, 3.63) is 59.7 Å². The lowest BCUT2D eigenvalue weighted by Gasteiger charge is -2.44. The maximum absolute atomic E-state index is 13.5. The summed E-state index contributed by atoms with van der Waals surface area (Å²) in [5.41, 5.74) is 0.852. The molecule has 34 heavy (non-hydrogen) atoms. The molecule has 3 rings (SSSR count). The molecule has 0 saturated heterocycles. The van der Waals surface area contributed by atoms with Crippen LogP contribution in [0.5, 0.6) is 5.75 Å². The van der Waals surface area contributed by atoms with Crippen LogP contribution >= 0.6 is 0 Å². The van der Waals surface area contributed by atoms with Gasteiger partial charge in [-0.3, -0.25) is 9.59 Å². The van der Waals surface area contributed by atoms with Gasteiger partial charge in [0.2, 0.25) is 5.91 Å². The molecule has 2 aromatic carbocycles. The summed E-state index contributed by atoms with van der Waals surface area (Å²) in [5, 5.41) is 18.3. The second-order valence-corrected chi connectivity index (χ2v) is 8.38. The van der Waals surface area contributed by atoms with Gasteiger partial charge in [-0.05, 0) is 29.7 Å². The number of nitrogens with one attached hydrogen (secondary N) is 3. The lowest BCUT2D eigenvalue weighted by Crippen LogP contribution is -2.56. The standard InChI is InChI=1S/C24H25F3N4O3/c1-14(2)13-31-21(15(11-28)12-29)20(18-8-3-4-9-19(18)23(31)33)22(32)30-16-6-5-7-17(10-16)34-24(25,26)27/h3-12,14-15,20-21,28-29H,13H2,1-2H3,(H,30,32). The van der Waals surface area contributed by atoms with Crippen molar-refractivity contribution in [3.63, 3.8) is 0 Å². The number of amides is 2. The number of fused-ring (bicyclic) bond motifs is 1. The van der Waals surface area contributed by atoms with E-state index in [0.717, 1.165) is 24.6 Å². The molecule has 1 aliphatic heterocycles. The van der Waals surface area contributed by atoms with E-state index in [2.05, 4.69) is 10.1 Å². The van der Waals surface area contributed by atoms with Crippen LogP contribution in [0, 0.1) is 22.7 Å². The smallest absolute Gasteiger partial charge is 0.406 e. The number of anilines is 1. The maximum atomic E-state index is 13.5. The van der Waals surface area contributed by atoms with Gasteiger partial charge < -0.3 is 25.8 Å². The van der Waals surface area contributed by atoms with E-state index in [0.29, 0.717) is 17.7 Å². The Balaban J connectivity index is 2.05. The average Bonchev–Trinajstić information content (AvgIpc) is 2.76. The van der Waals surface area contributed by atoms with E-state index in [1.165, 1.54) is 17.0 Å². The van der Waals surface area contributed by atoms with Crippen LogP contribution in [-0.4, -0.2) is 48.1 Å². The minimum atomic E-state index is -4.88. The first-order chi connectivity index (χ1) is 16.1. The number of hydrogen-bond donors (Lipinski definition) is 3. The van der Waals surface area contributed by atoms with Gasteiger partial charge in [0, 0.05) is 42.2 Å². The topological polar surface area (TPSA) is 106 Å². The number of alkyl halides is 3. The van der Waals surface area contributed by atoms with Crippen LogP contribution in [-0.2, 0) is 4.79 Å². The quantitative estimate of drug-likeness (QED) is 0.483. The zero-order chi connectivity index (χ0) is 25.0. The summed E-state index contributed by atoms with van der Waals surface area (Å²) >= 11 is 0. The first kappa shape index (κ1) is 24.9. The van der Waals surface area contributed by atoms with Crippen molar-refractivity contribution in [1.29, 1.82) is 10.8 Å². The molecular formula is C24H25F3N4O3. The number of carbonyl (C=O) groups is 2. The summed E-state index contributed by atoms with van der Waals surface area (Å²) in [6.45, 7) is 4.13. The molecule has 2 aromatic rings. The second kappa shape index (κ2) is 10.1. The third-order valence-corrected chi connectivity index (χ3v) is 5.45. The summed E-state index contributed by atoms with van der Waals surface area (Å²) in [7, 11) is 0. The van der Waals surface area contributed by atoms with Gasteiger partial charge in [-0.15, -0.1) is 13.2 Å². The Bertz CT molecular complexity index is 1080. The van der Waals surface area contributed by atoms with E-state index in [-0.39, 0.29) is 17.5 Å². The van der Waals surface area contributed by atoms with E-state index in [9.17, 15) is 22.8 Å². The van der Waals surface area contributed by atoms with Crippen molar-refractivity contribution in [2.45, 2.75) is 32.2 Å². The number of hydrogen-bond acceptors (Lipinski definition) is 5. The fourth-order valence-corrected chi connectivity index (χ4v) is 4.18. The van der Waals surface area contributed by atoms with Gasteiger partial charge in [0.1, 0.15) is 5.75 Å². The van der Waals surface area contributed by atoms with E-state index < -0.39 is 35.9 Å². The van der Waals surface area contributed by atoms with Crippen molar-refractivity contribution in [2.24, 2.45) is 11.8 Å². The zero-order valence-electron chi connectivity index (χ0n) is 18.6. The number of carbonyl (C=O) groups excluding carboxylic acids is 2. The first-order valence-electron chi connectivity index (χ1n) is 10.6. The minimum absolute atomic E-state index is 0.0498. The van der Waals surface area contributed by atoms with Gasteiger partial charge in [-0.25, -0.2) is 0 Å². The van der Waals surface area contributed by atoms with Gasteiger partial charge in [0.25, 0.3) is 5.91 Å². The van der Waals surface area contributed by atoms with Gasteiger partial charge in [-0.2, -0.15) is 0 Å². The van der Waals surface area contributed by atoms with E-state index in [1.807, 2.05) is 13.8 Å². The molecule has 0 spiro atoms. The van der Waals surface area contributed by atoms with Gasteiger partial charge in [0.05, 0.1) is 12.0 Å². The number of nitrogens with zero attached hydrogens (tertiary/aromatic N) is 1. The molecule has 7 nitrogen and oxygen atoms in total. The highest BCUT2D eigenvalue weighted by Gasteiger charge is 2.46. The highest BCUT2D eigenvalue weighted by molar-refractivity contribution is 6.05. The maximum Gasteiger partial charge on any atom is 0.573 e. The monoisotopic (exact) mass is 474 g/mol. The van der Waals surface area contributed by atoms with Crippen LogP contribution in [0.15, 0.2) is 48.5 Å². The molecule has 0 aliphatic carbocycles. The second-order valence-electron chi connectivity index (χ2n) is 8.38. The Morgan fingerprint density at radius 1 is 1.15 bits per heavy atom. The predicted molar refractivity (Wildman–Crippen MR) is 122 cm³/mol. The van der Waals surface area contributed by atoms with Crippen LogP contribution in [0.4, 0.5) is 18.9 Å². The Hall–Kier alpha value is -3.69. The van der Waals surface area contributed by atoms with E-state index in [1.54, 1.807) is 24.3 Å². The summed E-state index contributed by atoms with van der Waals surface area (Å²) in [5.74, 6) is -3.11. The molecule has 0 fully saturated rings. The lowest BCUT2D eigenvalue weighted by molar-refractivity contribution is -0.274. The molecule has 0 saturated carbocycles. The minimum Gasteiger partial charge on any atom is -0.406 e. The lowest BCUT2D eigenvalue weighted by atomic mass is 9.76. The fourth-order valence-electron chi connectivity index (χ4n) is 4.18. The van der Waals surface area contributed by atoms with Crippen molar-refractivity contribution in [2.75, 3.05) is 11.9 Å². The summed E-state index contributed by atoms with van der Waals surface area (Å²) < 4.78 is 41.7. The third-order valence-electron chi connectivity index (χ3n) is 5.45. The van der Waals surface area contributed by atoms with Gasteiger partial charge >= 0.3 is 6.36 Å². The van der Waals surface area contributed by atoms with E-state index in [4.69, 9.17) is 10.8 Å². The van der Waals surface area contributed by atoms with Crippen molar-refractivity contribution >= 4 is 29.9 Å². The molecule has 0 radical (unpaired) electrons. The predicted octanol–water partition coefficient (Wildman–Crippen LogP) is 4.70. The molecule has 2 unspecified atom stereocenters. The van der Waals surface area contributed by atoms with Crippen molar-refractivity contribution in [1.82, 2.24) is 4.90 Å². The molecule has 0 aromatic heterocycles. The normalized spacial score (nSPS) is 18.8. The zero-order valence-corrected chi connectivity index (χ0v) is 18.6. The van der Waals surface area contributed by atoms with Crippen LogP contribution in [0.1, 0.15) is 35.7 Å². The van der Waals surface area contributed by atoms with Crippen LogP contribution in [0.25, 0.3) is 0 Å². The van der Waals surface area contributed by atoms with Crippen LogP contribution < -0.4 is 10.1 Å². The molecule has 0 bridgehead atoms. The number of benzene rings is 2. The first-order valence-corrected chi connectivity index (χ1v) is 10.6. The van der Waals surface area contributed by atoms with Crippen LogP contribution in [0.3, 0.4) is 0 Å². The molecule has 180 valence electrons. The molecule has 2 atom stereocenters. The van der Waals surface area contributed by atoms with Crippen molar-refractivity contribution < 1.29 is 27.5 Å². The molecular weight excluding hydrogens is 449 g/mol. The number of rotatable bonds is 8. The molecule has 1 heterocycles. The Labute approximate surface area is 194 Å². The Morgan fingerprint density at radius 2 is 1.82 bits per heavy atom. The fraction of sp³-hybridized carbons (Fsp3) is 0.333. The highest BCUT2D eigenvalue weighted by Crippen LogP contribution is 2.38. The molecule has 1 aliphatic rings.